The molecule has 0 bridgehead atoms. The van der Waals surface area contributed by atoms with Crippen LogP contribution in [0.2, 0.25) is 0 Å². The van der Waals surface area contributed by atoms with Crippen LogP contribution in [-0.2, 0) is 4.79 Å². The summed E-state index contributed by atoms with van der Waals surface area (Å²) >= 11 is 0. The highest BCUT2D eigenvalue weighted by atomic mass is 16.2. The average molecular weight is 354 g/mol. The fraction of sp³-hybridized carbons (Fsp3) is 0.591. The second-order valence-electron chi connectivity index (χ2n) is 8.35. The molecule has 2 heterocycles. The Labute approximate surface area is 156 Å². The third kappa shape index (κ3) is 3.39. The first-order valence-electron chi connectivity index (χ1n) is 10.3. The van der Waals surface area contributed by atoms with Gasteiger partial charge in [-0.15, -0.1) is 0 Å². The summed E-state index contributed by atoms with van der Waals surface area (Å²) in [5, 5.41) is 1.23. The fourth-order valence-electron chi connectivity index (χ4n) is 5.01. The molecule has 2 fully saturated rings. The van der Waals surface area contributed by atoms with Gasteiger partial charge < -0.3 is 15.6 Å². The van der Waals surface area contributed by atoms with E-state index in [1.165, 1.54) is 36.8 Å². The lowest BCUT2D eigenvalue weighted by atomic mass is 9.71. The van der Waals surface area contributed by atoms with Crippen LogP contribution in [0.4, 0.5) is 0 Å². The average Bonchev–Trinajstić information content (AvgIpc) is 3.13. The second-order valence-corrected chi connectivity index (χ2v) is 8.35. The number of benzene rings is 1. The van der Waals surface area contributed by atoms with E-state index in [-0.39, 0.29) is 11.5 Å². The van der Waals surface area contributed by atoms with Crippen LogP contribution < -0.4 is 5.73 Å². The van der Waals surface area contributed by atoms with Crippen LogP contribution in [0.5, 0.6) is 0 Å². The van der Waals surface area contributed by atoms with Crippen LogP contribution in [0.3, 0.4) is 0 Å². The minimum Gasteiger partial charge on any atom is -0.357 e. The Morgan fingerprint density at radius 3 is 2.73 bits per heavy atom. The number of nitrogens with two attached hydrogens (primary N) is 1. The molecule has 1 aliphatic carbocycles. The molecule has 1 atom stereocenters. The summed E-state index contributed by atoms with van der Waals surface area (Å²) < 4.78 is 0. The number of hydrogen-bond donors (Lipinski definition) is 2. The number of carbonyl (C=O) groups excluding carboxylic acids is 1. The van der Waals surface area contributed by atoms with Crippen molar-refractivity contribution in [3.8, 4) is 0 Å². The van der Waals surface area contributed by atoms with Crippen LogP contribution in [0.1, 0.15) is 69.5 Å². The molecule has 1 aromatic heterocycles. The topological polar surface area (TPSA) is 62.1 Å². The molecule has 26 heavy (non-hydrogen) atoms. The number of aromatic nitrogens is 1. The van der Waals surface area contributed by atoms with Gasteiger partial charge in [-0.2, -0.15) is 0 Å². The Bertz CT molecular complexity index is 727. The van der Waals surface area contributed by atoms with E-state index in [4.69, 9.17) is 5.73 Å². The zero-order valence-corrected chi connectivity index (χ0v) is 15.7. The van der Waals surface area contributed by atoms with Crippen LogP contribution in [0, 0.1) is 5.41 Å². The molecule has 1 aromatic carbocycles. The molecule has 1 saturated heterocycles. The first kappa shape index (κ1) is 17.6. The lowest BCUT2D eigenvalue weighted by Crippen LogP contribution is -2.43. The van der Waals surface area contributed by atoms with Crippen molar-refractivity contribution in [2.45, 2.75) is 63.8 Å². The predicted molar refractivity (Wildman–Crippen MR) is 106 cm³/mol. The molecular formula is C22H31N3O. The maximum absolute atomic E-state index is 13.3. The third-order valence-electron chi connectivity index (χ3n) is 6.61. The van der Waals surface area contributed by atoms with Crippen molar-refractivity contribution >= 4 is 16.8 Å². The molecule has 1 aliphatic heterocycles. The summed E-state index contributed by atoms with van der Waals surface area (Å²) in [6.45, 7) is 1.52. The Hall–Kier alpha value is -1.81. The third-order valence-corrected chi connectivity index (χ3v) is 6.61. The minimum atomic E-state index is 0.0395. The van der Waals surface area contributed by atoms with E-state index in [0.29, 0.717) is 18.9 Å². The summed E-state index contributed by atoms with van der Waals surface area (Å²) in [6, 6.07) is 10.8. The van der Waals surface area contributed by atoms with Gasteiger partial charge in [0.2, 0.25) is 5.91 Å². The van der Waals surface area contributed by atoms with Crippen LogP contribution in [0.15, 0.2) is 30.3 Å². The summed E-state index contributed by atoms with van der Waals surface area (Å²) in [5.74, 6) is 0.306. The number of para-hydroxylation sites is 1. The molecule has 2 aliphatic rings. The number of likely N-dealkylation sites (tertiary alicyclic amines) is 1. The van der Waals surface area contributed by atoms with Gasteiger partial charge in [0.15, 0.2) is 0 Å². The molecule has 4 nitrogen and oxygen atoms in total. The Morgan fingerprint density at radius 2 is 1.96 bits per heavy atom. The zero-order valence-electron chi connectivity index (χ0n) is 15.7. The lowest BCUT2D eigenvalue weighted by molar-refractivity contribution is -0.138. The van der Waals surface area contributed by atoms with Gasteiger partial charge in [0.05, 0.1) is 6.04 Å². The van der Waals surface area contributed by atoms with Gasteiger partial charge in [-0.3, -0.25) is 4.79 Å². The van der Waals surface area contributed by atoms with E-state index in [1.807, 2.05) is 0 Å². The molecule has 4 heteroatoms. The number of fused-ring (bicyclic) bond motifs is 1. The molecule has 0 spiro atoms. The summed E-state index contributed by atoms with van der Waals surface area (Å²) in [6.07, 6.45) is 9.92. The molecule has 2 aromatic rings. The van der Waals surface area contributed by atoms with E-state index in [0.717, 1.165) is 37.7 Å². The van der Waals surface area contributed by atoms with Crippen LogP contribution in [0.25, 0.3) is 10.9 Å². The number of hydrogen-bond acceptors (Lipinski definition) is 2. The van der Waals surface area contributed by atoms with Crippen molar-refractivity contribution in [3.63, 3.8) is 0 Å². The van der Waals surface area contributed by atoms with Gasteiger partial charge in [-0.1, -0.05) is 37.5 Å². The van der Waals surface area contributed by atoms with Crippen molar-refractivity contribution in [1.82, 2.24) is 9.88 Å². The quantitative estimate of drug-likeness (QED) is 0.849. The molecule has 4 rings (SSSR count). The predicted octanol–water partition coefficient (Wildman–Crippen LogP) is 4.52. The van der Waals surface area contributed by atoms with Gasteiger partial charge in [-0.25, -0.2) is 0 Å². The van der Waals surface area contributed by atoms with E-state index < -0.39 is 0 Å². The number of piperidine rings is 1. The first-order chi connectivity index (χ1) is 12.7. The summed E-state index contributed by atoms with van der Waals surface area (Å²) in [7, 11) is 0. The van der Waals surface area contributed by atoms with E-state index in [2.05, 4.69) is 40.2 Å². The normalized spacial score (nSPS) is 23.3. The van der Waals surface area contributed by atoms with Crippen molar-refractivity contribution < 1.29 is 4.79 Å². The second kappa shape index (κ2) is 7.43. The molecule has 1 unspecified atom stereocenters. The lowest BCUT2D eigenvalue weighted by Gasteiger charge is -2.40. The summed E-state index contributed by atoms with van der Waals surface area (Å²) in [4.78, 5) is 19.0. The molecule has 1 saturated carbocycles. The molecule has 0 radical (unpaired) electrons. The van der Waals surface area contributed by atoms with E-state index >= 15 is 0 Å². The highest BCUT2D eigenvalue weighted by Gasteiger charge is 2.37. The largest absolute Gasteiger partial charge is 0.357 e. The van der Waals surface area contributed by atoms with Crippen LogP contribution in [-0.4, -0.2) is 28.9 Å². The van der Waals surface area contributed by atoms with E-state index in [9.17, 15) is 4.79 Å². The van der Waals surface area contributed by atoms with Gasteiger partial charge in [0.1, 0.15) is 0 Å². The standard InChI is InChI=1S/C22H31N3O/c23-16-22(11-5-1-6-12-22)15-21(26)25-13-7-4-10-20(25)19-14-17-8-2-3-9-18(17)24-19/h2-3,8-9,14,20,24H,1,4-7,10-13,15-16,23H2. The van der Waals surface area contributed by atoms with Gasteiger partial charge >= 0.3 is 0 Å². The molecule has 1 amide bonds. The SMILES string of the molecule is NCC1(CC(=O)N2CCCCC2c2cc3ccccc3[nH]2)CCCCC1. The minimum absolute atomic E-state index is 0.0395. The molecule has 140 valence electrons. The number of aromatic amines is 1. The number of nitrogens with one attached hydrogen (secondary N) is 1. The monoisotopic (exact) mass is 353 g/mol. The van der Waals surface area contributed by atoms with Crippen molar-refractivity contribution in [2.75, 3.05) is 13.1 Å². The van der Waals surface area contributed by atoms with Gasteiger partial charge in [-0.05, 0) is 61.6 Å². The van der Waals surface area contributed by atoms with Crippen LogP contribution >= 0.6 is 0 Å². The van der Waals surface area contributed by atoms with Crippen molar-refractivity contribution in [2.24, 2.45) is 11.1 Å². The van der Waals surface area contributed by atoms with Crippen molar-refractivity contribution in [3.05, 3.63) is 36.0 Å². The Kier molecular flexibility index (Phi) is 5.03. The maximum Gasteiger partial charge on any atom is 0.223 e. The molecule has 3 N–H and O–H groups in total. The highest BCUT2D eigenvalue weighted by molar-refractivity contribution is 5.81. The van der Waals surface area contributed by atoms with Gasteiger partial charge in [0.25, 0.3) is 0 Å². The Balaban J connectivity index is 1.55. The number of H-pyrrole nitrogens is 1. The first-order valence-corrected chi connectivity index (χ1v) is 10.3. The number of rotatable bonds is 4. The summed E-state index contributed by atoms with van der Waals surface area (Å²) in [5.41, 5.74) is 8.52. The number of amides is 1. The van der Waals surface area contributed by atoms with Crippen molar-refractivity contribution in [1.29, 1.82) is 0 Å². The van der Waals surface area contributed by atoms with E-state index in [1.54, 1.807) is 0 Å². The number of nitrogens with zero attached hydrogens (tertiary/aromatic N) is 1. The smallest absolute Gasteiger partial charge is 0.223 e. The molecular weight excluding hydrogens is 322 g/mol. The highest BCUT2D eigenvalue weighted by Crippen LogP contribution is 2.40. The number of carbonyl (C=O) groups is 1. The fourth-order valence-corrected chi connectivity index (χ4v) is 5.01. The Morgan fingerprint density at radius 1 is 1.15 bits per heavy atom. The maximum atomic E-state index is 13.3. The zero-order chi connectivity index (χ0) is 18.0. The van der Waals surface area contributed by atoms with Gasteiger partial charge in [0, 0.05) is 24.2 Å².